The van der Waals surface area contributed by atoms with Crippen molar-refractivity contribution in [3.05, 3.63) is 34.9 Å². The van der Waals surface area contributed by atoms with Crippen LogP contribution < -0.4 is 0 Å². The number of carbonyl (C=O) groups is 1. The molecule has 0 fully saturated rings. The number of aliphatic hydroxyl groups excluding tert-OH is 1. The lowest BCUT2D eigenvalue weighted by atomic mass is 10.1. The first kappa shape index (κ1) is 12.0. The molecule has 5 heteroatoms. The van der Waals surface area contributed by atoms with E-state index in [9.17, 15) is 9.90 Å². The number of rotatable bonds is 3. The van der Waals surface area contributed by atoms with Crippen molar-refractivity contribution in [2.24, 2.45) is 0 Å². The standard InChI is InChI=1S/C10H12ClNO3/c1-12(15-2)10(14)9(13)7-5-3-4-6-8(7)11/h3-6,9,13H,1-2H3/t9-/m1/s1. The van der Waals surface area contributed by atoms with Gasteiger partial charge in [-0.25, -0.2) is 5.06 Å². The number of likely N-dealkylation sites (N-methyl/N-ethyl adjacent to an activating group) is 1. The summed E-state index contributed by atoms with van der Waals surface area (Å²) in [5.74, 6) is -0.564. The highest BCUT2D eigenvalue weighted by molar-refractivity contribution is 6.31. The first-order chi connectivity index (χ1) is 7.07. The summed E-state index contributed by atoms with van der Waals surface area (Å²) in [4.78, 5) is 16.2. The van der Waals surface area contributed by atoms with Crippen LogP contribution in [0, 0.1) is 0 Å². The van der Waals surface area contributed by atoms with Gasteiger partial charge in [0.05, 0.1) is 7.11 Å². The van der Waals surface area contributed by atoms with Gasteiger partial charge in [-0.15, -0.1) is 0 Å². The van der Waals surface area contributed by atoms with E-state index >= 15 is 0 Å². The Hall–Kier alpha value is -1.10. The van der Waals surface area contributed by atoms with Crippen LogP contribution in [0.15, 0.2) is 24.3 Å². The Morgan fingerprint density at radius 1 is 1.53 bits per heavy atom. The number of hydrogen-bond acceptors (Lipinski definition) is 3. The van der Waals surface area contributed by atoms with Crippen molar-refractivity contribution < 1.29 is 14.7 Å². The van der Waals surface area contributed by atoms with E-state index in [1.807, 2.05) is 0 Å². The minimum absolute atomic E-state index is 0.350. The molecule has 82 valence electrons. The molecule has 0 unspecified atom stereocenters. The number of aliphatic hydroxyl groups is 1. The second-order valence-electron chi connectivity index (χ2n) is 2.94. The highest BCUT2D eigenvalue weighted by Gasteiger charge is 2.23. The smallest absolute Gasteiger partial charge is 0.279 e. The van der Waals surface area contributed by atoms with Crippen LogP contribution in [0.2, 0.25) is 5.02 Å². The summed E-state index contributed by atoms with van der Waals surface area (Å²) in [5.41, 5.74) is 0.369. The number of amides is 1. The molecule has 0 saturated heterocycles. The average molecular weight is 230 g/mol. The van der Waals surface area contributed by atoms with Gasteiger partial charge in [0.2, 0.25) is 0 Å². The fourth-order valence-corrected chi connectivity index (χ4v) is 1.33. The van der Waals surface area contributed by atoms with Crippen molar-refractivity contribution in [1.29, 1.82) is 0 Å². The zero-order chi connectivity index (χ0) is 11.4. The Kier molecular flexibility index (Phi) is 4.08. The van der Waals surface area contributed by atoms with Crippen molar-refractivity contribution in [3.8, 4) is 0 Å². The Labute approximate surface area is 93.0 Å². The van der Waals surface area contributed by atoms with Crippen LogP contribution >= 0.6 is 11.6 Å². The Morgan fingerprint density at radius 3 is 2.67 bits per heavy atom. The minimum Gasteiger partial charge on any atom is -0.378 e. The molecule has 1 N–H and O–H groups in total. The summed E-state index contributed by atoms with van der Waals surface area (Å²) in [7, 11) is 2.76. The molecular formula is C10H12ClNO3. The lowest BCUT2D eigenvalue weighted by Gasteiger charge is -2.18. The maximum atomic E-state index is 11.5. The molecule has 0 aliphatic heterocycles. The molecule has 0 spiro atoms. The molecule has 1 aromatic rings. The van der Waals surface area contributed by atoms with Crippen LogP contribution in [-0.2, 0) is 9.63 Å². The molecule has 0 aromatic heterocycles. The topological polar surface area (TPSA) is 49.8 Å². The number of halogens is 1. The molecule has 0 bridgehead atoms. The fraction of sp³-hybridized carbons (Fsp3) is 0.300. The third-order valence-corrected chi connectivity index (χ3v) is 2.36. The minimum atomic E-state index is -1.30. The number of hydrogen-bond donors (Lipinski definition) is 1. The fourth-order valence-electron chi connectivity index (χ4n) is 1.09. The van der Waals surface area contributed by atoms with Gasteiger partial charge in [-0.1, -0.05) is 29.8 Å². The zero-order valence-electron chi connectivity index (χ0n) is 8.48. The van der Waals surface area contributed by atoms with Crippen LogP contribution in [0.3, 0.4) is 0 Å². The van der Waals surface area contributed by atoms with E-state index in [4.69, 9.17) is 11.6 Å². The zero-order valence-corrected chi connectivity index (χ0v) is 9.23. The predicted octanol–water partition coefficient (Wildman–Crippen LogP) is 1.39. The second kappa shape index (κ2) is 5.11. The molecule has 0 heterocycles. The van der Waals surface area contributed by atoms with Crippen molar-refractivity contribution in [2.45, 2.75) is 6.10 Å². The van der Waals surface area contributed by atoms with E-state index in [1.165, 1.54) is 14.2 Å². The van der Waals surface area contributed by atoms with Crippen LogP contribution in [0.5, 0.6) is 0 Å². The van der Waals surface area contributed by atoms with Gasteiger partial charge >= 0.3 is 0 Å². The van der Waals surface area contributed by atoms with Gasteiger partial charge < -0.3 is 5.11 Å². The van der Waals surface area contributed by atoms with E-state index in [0.717, 1.165) is 5.06 Å². The molecule has 1 atom stereocenters. The summed E-state index contributed by atoms with van der Waals surface area (Å²) in [6, 6.07) is 6.63. The maximum absolute atomic E-state index is 11.5. The molecule has 0 radical (unpaired) electrons. The third kappa shape index (κ3) is 2.68. The first-order valence-corrected chi connectivity index (χ1v) is 4.70. The molecule has 0 aliphatic rings. The normalized spacial score (nSPS) is 12.3. The highest BCUT2D eigenvalue weighted by atomic mass is 35.5. The Balaban J connectivity index is 2.90. The molecule has 15 heavy (non-hydrogen) atoms. The average Bonchev–Trinajstić information content (AvgIpc) is 2.26. The molecule has 0 saturated carbocycles. The Bertz CT molecular complexity index is 356. The molecule has 1 amide bonds. The van der Waals surface area contributed by atoms with Gasteiger partial charge in [-0.2, -0.15) is 0 Å². The van der Waals surface area contributed by atoms with Crippen molar-refractivity contribution in [3.63, 3.8) is 0 Å². The Morgan fingerprint density at radius 2 is 2.13 bits per heavy atom. The van der Waals surface area contributed by atoms with E-state index in [1.54, 1.807) is 24.3 Å². The summed E-state index contributed by atoms with van der Waals surface area (Å²) in [6.45, 7) is 0. The monoisotopic (exact) mass is 229 g/mol. The lowest BCUT2D eigenvalue weighted by Crippen LogP contribution is -2.30. The maximum Gasteiger partial charge on any atom is 0.279 e. The van der Waals surface area contributed by atoms with Gasteiger partial charge in [0.1, 0.15) is 0 Å². The first-order valence-electron chi connectivity index (χ1n) is 4.32. The molecular weight excluding hydrogens is 218 g/mol. The number of carbonyl (C=O) groups excluding carboxylic acids is 1. The van der Waals surface area contributed by atoms with Gasteiger partial charge in [0.15, 0.2) is 6.10 Å². The van der Waals surface area contributed by atoms with Crippen LogP contribution in [0.1, 0.15) is 11.7 Å². The predicted molar refractivity (Wildman–Crippen MR) is 56.2 cm³/mol. The highest BCUT2D eigenvalue weighted by Crippen LogP contribution is 2.23. The summed E-state index contributed by atoms with van der Waals surface area (Å²) in [5, 5.41) is 11.0. The summed E-state index contributed by atoms with van der Waals surface area (Å²) < 4.78 is 0. The van der Waals surface area contributed by atoms with Gasteiger partial charge in [-0.05, 0) is 6.07 Å². The van der Waals surface area contributed by atoms with Crippen LogP contribution in [0.25, 0.3) is 0 Å². The SMILES string of the molecule is CON(C)C(=O)[C@H](O)c1ccccc1Cl. The van der Waals surface area contributed by atoms with Gasteiger partial charge in [0.25, 0.3) is 5.91 Å². The van der Waals surface area contributed by atoms with E-state index < -0.39 is 12.0 Å². The lowest BCUT2D eigenvalue weighted by molar-refractivity contribution is -0.178. The van der Waals surface area contributed by atoms with Crippen LogP contribution in [-0.4, -0.2) is 30.2 Å². The molecule has 1 aromatic carbocycles. The number of benzene rings is 1. The molecule has 4 nitrogen and oxygen atoms in total. The van der Waals surface area contributed by atoms with Crippen molar-refractivity contribution >= 4 is 17.5 Å². The third-order valence-electron chi connectivity index (χ3n) is 2.02. The van der Waals surface area contributed by atoms with E-state index in [0.29, 0.717) is 10.6 Å². The van der Waals surface area contributed by atoms with E-state index in [-0.39, 0.29) is 0 Å². The number of nitrogens with zero attached hydrogens (tertiary/aromatic N) is 1. The van der Waals surface area contributed by atoms with Crippen LogP contribution in [0.4, 0.5) is 0 Å². The van der Waals surface area contributed by atoms with E-state index in [2.05, 4.69) is 4.84 Å². The quantitative estimate of drug-likeness (QED) is 0.797. The summed E-state index contributed by atoms with van der Waals surface area (Å²) >= 11 is 5.84. The second-order valence-corrected chi connectivity index (χ2v) is 3.35. The van der Waals surface area contributed by atoms with Crippen molar-refractivity contribution in [2.75, 3.05) is 14.2 Å². The van der Waals surface area contributed by atoms with Crippen molar-refractivity contribution in [1.82, 2.24) is 5.06 Å². The summed E-state index contributed by atoms with van der Waals surface area (Å²) in [6.07, 6.45) is -1.30. The molecule has 1 rings (SSSR count). The van der Waals surface area contributed by atoms with Gasteiger partial charge in [0, 0.05) is 17.6 Å². The largest absolute Gasteiger partial charge is 0.378 e. The molecule has 0 aliphatic carbocycles. The number of hydroxylamine groups is 2. The van der Waals surface area contributed by atoms with Gasteiger partial charge in [-0.3, -0.25) is 9.63 Å².